The van der Waals surface area contributed by atoms with E-state index in [-0.39, 0.29) is 12.5 Å². The minimum absolute atomic E-state index is 0.0758. The summed E-state index contributed by atoms with van der Waals surface area (Å²) in [5.74, 6) is -0.0758. The molecule has 1 amide bonds. The standard InChI is InChI=1S/C13H17N3O2/c1-18-9-8-15-13(17)10-16-12-4-2-11(3-5-12)6-7-14/h2-5,16H,6,8-10H2,1H3,(H,15,17). The van der Waals surface area contributed by atoms with Gasteiger partial charge in [-0.15, -0.1) is 0 Å². The van der Waals surface area contributed by atoms with Gasteiger partial charge in [-0.25, -0.2) is 0 Å². The molecule has 1 aromatic rings. The van der Waals surface area contributed by atoms with E-state index < -0.39 is 0 Å². The van der Waals surface area contributed by atoms with E-state index in [1.807, 2.05) is 24.3 Å². The fourth-order valence-corrected chi connectivity index (χ4v) is 1.37. The lowest BCUT2D eigenvalue weighted by atomic mass is 10.1. The molecule has 5 nitrogen and oxygen atoms in total. The molecule has 0 atom stereocenters. The first kappa shape index (κ1) is 14.0. The molecule has 0 fully saturated rings. The molecule has 0 aliphatic heterocycles. The van der Waals surface area contributed by atoms with Gasteiger partial charge in [0.15, 0.2) is 0 Å². The Bertz CT molecular complexity index is 409. The van der Waals surface area contributed by atoms with E-state index in [0.29, 0.717) is 19.6 Å². The van der Waals surface area contributed by atoms with Crippen LogP contribution in [0.2, 0.25) is 0 Å². The van der Waals surface area contributed by atoms with E-state index in [2.05, 4.69) is 16.7 Å². The molecule has 0 radical (unpaired) electrons. The Morgan fingerprint density at radius 1 is 1.39 bits per heavy atom. The SMILES string of the molecule is COCCNC(=O)CNc1ccc(CC#N)cc1. The van der Waals surface area contributed by atoms with Crippen LogP contribution in [0.25, 0.3) is 0 Å². The highest BCUT2D eigenvalue weighted by molar-refractivity contribution is 5.80. The number of hydrogen-bond donors (Lipinski definition) is 2. The lowest BCUT2D eigenvalue weighted by Crippen LogP contribution is -2.32. The van der Waals surface area contributed by atoms with E-state index in [4.69, 9.17) is 10.00 Å². The van der Waals surface area contributed by atoms with Crippen molar-refractivity contribution in [2.45, 2.75) is 6.42 Å². The normalized spacial score (nSPS) is 9.56. The maximum absolute atomic E-state index is 11.4. The highest BCUT2D eigenvalue weighted by atomic mass is 16.5. The van der Waals surface area contributed by atoms with Gasteiger partial charge >= 0.3 is 0 Å². The summed E-state index contributed by atoms with van der Waals surface area (Å²) < 4.78 is 4.83. The highest BCUT2D eigenvalue weighted by Gasteiger charge is 2.00. The number of methoxy groups -OCH3 is 1. The molecule has 0 saturated carbocycles. The monoisotopic (exact) mass is 247 g/mol. The fraction of sp³-hybridized carbons (Fsp3) is 0.385. The van der Waals surface area contributed by atoms with Gasteiger partial charge in [-0.05, 0) is 17.7 Å². The van der Waals surface area contributed by atoms with Crippen LogP contribution >= 0.6 is 0 Å². The molecule has 0 aliphatic carbocycles. The second-order valence-corrected chi connectivity index (χ2v) is 3.73. The Kier molecular flexibility index (Phi) is 6.30. The number of carbonyl (C=O) groups excluding carboxylic acids is 1. The minimum Gasteiger partial charge on any atom is -0.383 e. The van der Waals surface area contributed by atoms with Gasteiger partial charge in [-0.3, -0.25) is 4.79 Å². The summed E-state index contributed by atoms with van der Waals surface area (Å²) in [6.07, 6.45) is 0.401. The Labute approximate surface area is 107 Å². The highest BCUT2D eigenvalue weighted by Crippen LogP contribution is 2.09. The molecule has 96 valence electrons. The van der Waals surface area contributed by atoms with Crippen LogP contribution in [0.5, 0.6) is 0 Å². The number of amides is 1. The smallest absolute Gasteiger partial charge is 0.239 e. The van der Waals surface area contributed by atoms with Gasteiger partial charge in [-0.2, -0.15) is 5.26 Å². The van der Waals surface area contributed by atoms with E-state index >= 15 is 0 Å². The predicted molar refractivity (Wildman–Crippen MR) is 69.1 cm³/mol. The lowest BCUT2D eigenvalue weighted by Gasteiger charge is -2.07. The largest absolute Gasteiger partial charge is 0.383 e. The molecule has 2 N–H and O–H groups in total. The lowest BCUT2D eigenvalue weighted by molar-refractivity contribution is -0.119. The van der Waals surface area contributed by atoms with Crippen molar-refractivity contribution in [3.05, 3.63) is 29.8 Å². The van der Waals surface area contributed by atoms with Crippen LogP contribution in [-0.2, 0) is 16.0 Å². The summed E-state index contributed by atoms with van der Waals surface area (Å²) in [5, 5.41) is 14.3. The number of anilines is 1. The second-order valence-electron chi connectivity index (χ2n) is 3.73. The third-order valence-corrected chi connectivity index (χ3v) is 2.32. The Morgan fingerprint density at radius 3 is 2.72 bits per heavy atom. The molecule has 0 heterocycles. The van der Waals surface area contributed by atoms with Crippen molar-refractivity contribution in [2.24, 2.45) is 0 Å². The number of carbonyl (C=O) groups is 1. The van der Waals surface area contributed by atoms with Crippen molar-refractivity contribution in [3.63, 3.8) is 0 Å². The molecule has 5 heteroatoms. The molecular weight excluding hydrogens is 230 g/mol. The summed E-state index contributed by atoms with van der Waals surface area (Å²) in [7, 11) is 1.59. The summed E-state index contributed by atoms with van der Waals surface area (Å²) in [6.45, 7) is 1.24. The summed E-state index contributed by atoms with van der Waals surface area (Å²) >= 11 is 0. The Balaban J connectivity index is 2.30. The van der Waals surface area contributed by atoms with Crippen LogP contribution in [0.3, 0.4) is 0 Å². The molecular formula is C13H17N3O2. The number of ether oxygens (including phenoxy) is 1. The zero-order valence-electron chi connectivity index (χ0n) is 10.4. The predicted octanol–water partition coefficient (Wildman–Crippen LogP) is 0.927. The Morgan fingerprint density at radius 2 is 2.11 bits per heavy atom. The van der Waals surface area contributed by atoms with Crippen LogP contribution in [0.15, 0.2) is 24.3 Å². The van der Waals surface area contributed by atoms with Gasteiger partial charge in [0, 0.05) is 19.3 Å². The van der Waals surface area contributed by atoms with Gasteiger partial charge in [0.05, 0.1) is 25.6 Å². The minimum atomic E-state index is -0.0758. The molecule has 0 aromatic heterocycles. The topological polar surface area (TPSA) is 74.2 Å². The van der Waals surface area contributed by atoms with Crippen molar-refractivity contribution in [3.8, 4) is 6.07 Å². The number of nitrogens with one attached hydrogen (secondary N) is 2. The van der Waals surface area contributed by atoms with Gasteiger partial charge in [0.2, 0.25) is 5.91 Å². The molecule has 0 spiro atoms. The van der Waals surface area contributed by atoms with Crippen LogP contribution in [0.1, 0.15) is 5.56 Å². The molecule has 0 aliphatic rings. The van der Waals surface area contributed by atoms with Crippen molar-refractivity contribution in [1.29, 1.82) is 5.26 Å². The summed E-state index contributed by atoms with van der Waals surface area (Å²) in [5.41, 5.74) is 1.83. The van der Waals surface area contributed by atoms with Crippen LogP contribution in [0, 0.1) is 11.3 Å². The van der Waals surface area contributed by atoms with Gasteiger partial charge in [0.1, 0.15) is 0 Å². The number of nitriles is 1. The molecule has 18 heavy (non-hydrogen) atoms. The first-order valence-electron chi connectivity index (χ1n) is 5.71. The number of rotatable bonds is 7. The third-order valence-electron chi connectivity index (χ3n) is 2.32. The second kappa shape index (κ2) is 8.09. The first-order chi connectivity index (χ1) is 8.76. The summed E-state index contributed by atoms with van der Waals surface area (Å²) in [4.78, 5) is 11.4. The van der Waals surface area contributed by atoms with E-state index in [0.717, 1.165) is 11.3 Å². The van der Waals surface area contributed by atoms with Crippen molar-refractivity contribution in [2.75, 3.05) is 32.1 Å². The molecule has 0 bridgehead atoms. The van der Waals surface area contributed by atoms with Crippen molar-refractivity contribution in [1.82, 2.24) is 5.32 Å². The van der Waals surface area contributed by atoms with Gasteiger partial charge in [0.25, 0.3) is 0 Å². The van der Waals surface area contributed by atoms with Crippen LogP contribution in [0.4, 0.5) is 5.69 Å². The Hall–Kier alpha value is -2.06. The van der Waals surface area contributed by atoms with E-state index in [9.17, 15) is 4.79 Å². The van der Waals surface area contributed by atoms with Crippen LogP contribution < -0.4 is 10.6 Å². The van der Waals surface area contributed by atoms with E-state index in [1.165, 1.54) is 0 Å². The number of benzene rings is 1. The third kappa shape index (κ3) is 5.32. The summed E-state index contributed by atoms with van der Waals surface area (Å²) in [6, 6.07) is 9.54. The average Bonchev–Trinajstić information content (AvgIpc) is 2.39. The maximum atomic E-state index is 11.4. The number of nitrogens with zero attached hydrogens (tertiary/aromatic N) is 1. The van der Waals surface area contributed by atoms with Crippen molar-refractivity contribution >= 4 is 11.6 Å². The fourth-order valence-electron chi connectivity index (χ4n) is 1.37. The van der Waals surface area contributed by atoms with Crippen molar-refractivity contribution < 1.29 is 9.53 Å². The average molecular weight is 247 g/mol. The van der Waals surface area contributed by atoms with Crippen LogP contribution in [-0.4, -0.2) is 32.7 Å². The van der Waals surface area contributed by atoms with Gasteiger partial charge < -0.3 is 15.4 Å². The maximum Gasteiger partial charge on any atom is 0.239 e. The molecule has 1 rings (SSSR count). The molecule has 1 aromatic carbocycles. The quantitative estimate of drug-likeness (QED) is 0.703. The zero-order chi connectivity index (χ0) is 13.2. The van der Waals surface area contributed by atoms with Gasteiger partial charge in [-0.1, -0.05) is 12.1 Å². The molecule has 0 saturated heterocycles. The number of hydrogen-bond acceptors (Lipinski definition) is 4. The molecule has 0 unspecified atom stereocenters. The zero-order valence-corrected chi connectivity index (χ0v) is 10.4. The van der Waals surface area contributed by atoms with E-state index in [1.54, 1.807) is 7.11 Å². The first-order valence-corrected chi connectivity index (χ1v) is 5.71.